The van der Waals surface area contributed by atoms with Gasteiger partial charge in [-0.2, -0.15) is 0 Å². The van der Waals surface area contributed by atoms with Gasteiger partial charge in [0.25, 0.3) is 0 Å². The zero-order chi connectivity index (χ0) is 16.2. The van der Waals surface area contributed by atoms with Crippen molar-refractivity contribution in [3.8, 4) is 0 Å². The third-order valence-corrected chi connectivity index (χ3v) is 5.59. The summed E-state index contributed by atoms with van der Waals surface area (Å²) in [6, 6.07) is 3.85. The van der Waals surface area contributed by atoms with E-state index in [1.165, 1.54) is 19.1 Å². The van der Waals surface area contributed by atoms with Gasteiger partial charge in [-0.05, 0) is 12.5 Å². The molecule has 0 radical (unpaired) electrons. The van der Waals surface area contributed by atoms with Gasteiger partial charge in [0.05, 0.1) is 0 Å². The Bertz CT molecular complexity index is 860. The van der Waals surface area contributed by atoms with Gasteiger partial charge in [0.15, 0.2) is 11.6 Å². The van der Waals surface area contributed by atoms with Crippen LogP contribution in [0.4, 0.5) is 0 Å². The van der Waals surface area contributed by atoms with E-state index in [1.54, 1.807) is 0 Å². The molecular weight excluding hydrogens is 370 g/mol. The minimum Gasteiger partial charge on any atom is -0.747 e. The molecule has 0 fully saturated rings. The second-order valence-electron chi connectivity index (χ2n) is 4.55. The molecule has 0 saturated heterocycles. The summed E-state index contributed by atoms with van der Waals surface area (Å²) >= 11 is 0. The molecule has 0 aliphatic heterocycles. The number of Topliss-reactive ketones (excluding diaryl/α,β-unsaturated/α-hetero) is 2. The summed E-state index contributed by atoms with van der Waals surface area (Å²) in [5.41, 5.74) is -0.502. The zero-order valence-corrected chi connectivity index (χ0v) is 18.1. The Morgan fingerprint density at radius 2 is 1.30 bits per heavy atom. The molecule has 0 heterocycles. The maximum atomic E-state index is 12.2. The fourth-order valence-corrected chi connectivity index (χ4v) is 4.77. The Labute approximate surface area is 177 Å². The molecule has 1 aromatic carbocycles. The number of ketones is 2. The molecule has 0 aromatic heterocycles. The topological polar surface area (TPSA) is 149 Å². The number of carbonyl (C=O) groups is 2. The van der Waals surface area contributed by atoms with E-state index in [0.29, 0.717) is 0 Å². The first-order valence-electron chi connectivity index (χ1n) is 5.53. The predicted molar refractivity (Wildman–Crippen MR) is 66.8 cm³/mol. The van der Waals surface area contributed by atoms with Crippen LogP contribution in [0.1, 0.15) is 26.3 Å². The number of hydrogen-bond donors (Lipinski definition) is 0. The summed E-state index contributed by atoms with van der Waals surface area (Å²) < 4.78 is 67.1. The molecule has 2 unspecified atom stereocenters. The van der Waals surface area contributed by atoms with Crippen molar-refractivity contribution < 1.29 is 94.6 Å². The first-order valence-corrected chi connectivity index (χ1v) is 8.48. The van der Waals surface area contributed by atoms with Crippen LogP contribution in [-0.4, -0.2) is 48.0 Å². The Balaban J connectivity index is 0.00000242. The molecule has 0 spiro atoms. The van der Waals surface area contributed by atoms with Crippen LogP contribution in [0.15, 0.2) is 18.2 Å². The van der Waals surface area contributed by atoms with Gasteiger partial charge in [0, 0.05) is 11.1 Å². The average molecular weight is 378 g/mol. The monoisotopic (exact) mass is 378 g/mol. The van der Waals surface area contributed by atoms with Gasteiger partial charge in [-0.25, -0.2) is 16.8 Å². The second kappa shape index (κ2) is 7.73. The number of rotatable bonds is 2. The van der Waals surface area contributed by atoms with Crippen molar-refractivity contribution in [1.82, 2.24) is 0 Å². The van der Waals surface area contributed by atoms with Gasteiger partial charge in [-0.3, -0.25) is 9.59 Å². The van der Waals surface area contributed by atoms with E-state index in [2.05, 4.69) is 0 Å². The fourth-order valence-electron chi connectivity index (χ4n) is 2.34. The Hall–Kier alpha value is 0.380. The number of fused-ring (bicyclic) bond motifs is 1. The van der Waals surface area contributed by atoms with E-state index in [9.17, 15) is 35.5 Å². The molecule has 114 valence electrons. The zero-order valence-electron chi connectivity index (χ0n) is 12.5. The average Bonchev–Trinajstić information content (AvgIpc) is 2.30. The smallest absolute Gasteiger partial charge is 0.747 e. The molecule has 1 aliphatic rings. The van der Waals surface area contributed by atoms with Gasteiger partial charge in [0.1, 0.15) is 30.7 Å². The van der Waals surface area contributed by atoms with Gasteiger partial charge < -0.3 is 9.11 Å². The predicted octanol–water partition coefficient (Wildman–Crippen LogP) is -6.79. The van der Waals surface area contributed by atoms with Crippen LogP contribution in [0.3, 0.4) is 0 Å². The van der Waals surface area contributed by atoms with E-state index < -0.39 is 42.3 Å². The summed E-state index contributed by atoms with van der Waals surface area (Å²) in [4.78, 5) is 24.2. The molecule has 0 bridgehead atoms. The Morgan fingerprint density at radius 3 is 1.74 bits per heavy atom. The minimum absolute atomic E-state index is 0. The van der Waals surface area contributed by atoms with E-state index in [1.807, 2.05) is 0 Å². The molecule has 12 heteroatoms. The number of aryl methyl sites for hydroxylation is 1. The molecule has 0 saturated carbocycles. The van der Waals surface area contributed by atoms with Gasteiger partial charge >= 0.3 is 59.1 Å². The van der Waals surface area contributed by atoms with Crippen LogP contribution in [0.25, 0.3) is 0 Å². The largest absolute Gasteiger partial charge is 1.00 e. The molecule has 2 atom stereocenters. The van der Waals surface area contributed by atoms with Crippen LogP contribution in [0.2, 0.25) is 0 Å². The van der Waals surface area contributed by atoms with E-state index in [4.69, 9.17) is 0 Å². The maximum Gasteiger partial charge on any atom is 1.00 e. The molecule has 23 heavy (non-hydrogen) atoms. The third kappa shape index (κ3) is 4.32. The molecular formula is C11H8Na2O8S2. The number of hydrogen-bond acceptors (Lipinski definition) is 8. The third-order valence-electron chi connectivity index (χ3n) is 3.20. The van der Waals surface area contributed by atoms with Crippen LogP contribution in [-0.2, 0) is 20.2 Å². The normalized spacial score (nSPS) is 21.0. The van der Waals surface area contributed by atoms with E-state index in [-0.39, 0.29) is 75.8 Å². The van der Waals surface area contributed by atoms with Crippen molar-refractivity contribution in [2.45, 2.75) is 17.4 Å². The van der Waals surface area contributed by atoms with Gasteiger partial charge in [0.2, 0.25) is 0 Å². The van der Waals surface area contributed by atoms with Gasteiger partial charge in [-0.1, -0.05) is 18.2 Å². The van der Waals surface area contributed by atoms with Crippen molar-refractivity contribution in [2.75, 3.05) is 0 Å². The quantitative estimate of drug-likeness (QED) is 0.364. The first kappa shape index (κ1) is 23.4. The van der Waals surface area contributed by atoms with Crippen LogP contribution >= 0.6 is 0 Å². The minimum atomic E-state index is -5.50. The van der Waals surface area contributed by atoms with Crippen molar-refractivity contribution in [3.05, 3.63) is 34.9 Å². The van der Waals surface area contributed by atoms with Crippen molar-refractivity contribution >= 4 is 31.8 Å². The second-order valence-corrected chi connectivity index (χ2v) is 7.54. The summed E-state index contributed by atoms with van der Waals surface area (Å²) in [7, 11) is -11.0. The molecule has 1 aromatic rings. The fraction of sp³-hybridized carbons (Fsp3) is 0.273. The molecule has 1 aliphatic carbocycles. The SMILES string of the molecule is Cc1cccc2c1C(=O)C(S(=O)(=O)[O-])C(S(=O)(=O)[O-])C2=O.[Na+].[Na+]. The van der Waals surface area contributed by atoms with Crippen LogP contribution in [0, 0.1) is 6.92 Å². The van der Waals surface area contributed by atoms with E-state index >= 15 is 0 Å². The van der Waals surface area contributed by atoms with Crippen molar-refractivity contribution in [1.29, 1.82) is 0 Å². The number of carbonyl (C=O) groups excluding carboxylic acids is 2. The summed E-state index contributed by atoms with van der Waals surface area (Å²) in [6.45, 7) is 1.39. The Morgan fingerprint density at radius 1 is 0.870 bits per heavy atom. The number of benzene rings is 1. The van der Waals surface area contributed by atoms with Crippen LogP contribution < -0.4 is 59.1 Å². The summed E-state index contributed by atoms with van der Waals surface area (Å²) in [5, 5.41) is -5.50. The summed E-state index contributed by atoms with van der Waals surface area (Å²) in [6.07, 6.45) is 0. The van der Waals surface area contributed by atoms with Gasteiger partial charge in [-0.15, -0.1) is 0 Å². The van der Waals surface area contributed by atoms with Crippen molar-refractivity contribution in [3.63, 3.8) is 0 Å². The van der Waals surface area contributed by atoms with Crippen LogP contribution in [0.5, 0.6) is 0 Å². The van der Waals surface area contributed by atoms with Crippen molar-refractivity contribution in [2.24, 2.45) is 0 Å². The Kier molecular flexibility index (Phi) is 7.86. The molecule has 0 amide bonds. The standard InChI is InChI=1S/C11H10O8S2.2Na/c1-5-3-2-4-6-7(5)9(13)11(21(17,18)19)10(8(6)12)20(14,15)16;;/h2-4,10-11H,1H3,(H,14,15,16)(H,17,18,19);;/q;2*+1/p-2. The summed E-state index contributed by atoms with van der Waals surface area (Å²) in [5.74, 6) is -2.70. The molecule has 2 rings (SSSR count). The first-order chi connectivity index (χ1) is 9.46. The maximum absolute atomic E-state index is 12.2. The molecule has 0 N–H and O–H groups in total. The van der Waals surface area contributed by atoms with E-state index in [0.717, 1.165) is 6.07 Å². The molecule has 8 nitrogen and oxygen atoms in total.